The standard InChI is InChI=1S/C13H15N3O2/c1-4-10-7-5-6-8-11(10)16-9(2)12(14-15-16)13(17)18-3/h5-8H,4H2,1-3H3. The molecule has 5 nitrogen and oxygen atoms in total. The first-order valence-corrected chi connectivity index (χ1v) is 5.78. The van der Waals surface area contributed by atoms with E-state index in [-0.39, 0.29) is 5.69 Å². The second-order valence-corrected chi connectivity index (χ2v) is 3.91. The molecule has 1 heterocycles. The number of carbonyl (C=O) groups excluding carboxylic acids is 1. The van der Waals surface area contributed by atoms with Crippen molar-refractivity contribution in [3.63, 3.8) is 0 Å². The maximum absolute atomic E-state index is 11.5. The number of carbonyl (C=O) groups is 1. The first-order chi connectivity index (χ1) is 8.69. The van der Waals surface area contributed by atoms with Gasteiger partial charge in [0, 0.05) is 0 Å². The molecule has 0 saturated heterocycles. The lowest BCUT2D eigenvalue weighted by Gasteiger charge is -2.08. The molecule has 0 amide bonds. The largest absolute Gasteiger partial charge is 0.464 e. The van der Waals surface area contributed by atoms with Gasteiger partial charge in [0.1, 0.15) is 0 Å². The predicted molar refractivity (Wildman–Crippen MR) is 66.8 cm³/mol. The molecule has 1 aromatic heterocycles. The maximum Gasteiger partial charge on any atom is 0.360 e. The number of methoxy groups -OCH3 is 1. The van der Waals surface area contributed by atoms with Crippen LogP contribution in [0, 0.1) is 6.92 Å². The summed E-state index contributed by atoms with van der Waals surface area (Å²) in [5.41, 5.74) is 3.04. The van der Waals surface area contributed by atoms with Gasteiger partial charge >= 0.3 is 5.97 Å². The number of hydrogen-bond donors (Lipinski definition) is 0. The summed E-state index contributed by atoms with van der Waals surface area (Å²) in [6.07, 6.45) is 0.892. The molecule has 1 aromatic carbocycles. The van der Waals surface area contributed by atoms with Crippen molar-refractivity contribution in [2.45, 2.75) is 20.3 Å². The van der Waals surface area contributed by atoms with E-state index in [2.05, 4.69) is 22.0 Å². The van der Waals surface area contributed by atoms with Crippen LogP contribution in [-0.4, -0.2) is 28.1 Å². The summed E-state index contributed by atoms with van der Waals surface area (Å²) in [4.78, 5) is 11.5. The van der Waals surface area contributed by atoms with Crippen molar-refractivity contribution < 1.29 is 9.53 Å². The van der Waals surface area contributed by atoms with Gasteiger partial charge in [-0.25, -0.2) is 9.48 Å². The number of benzene rings is 1. The van der Waals surface area contributed by atoms with Crippen LogP contribution in [0.1, 0.15) is 28.7 Å². The van der Waals surface area contributed by atoms with Crippen molar-refractivity contribution in [1.29, 1.82) is 0 Å². The van der Waals surface area contributed by atoms with Gasteiger partial charge in [-0.3, -0.25) is 0 Å². The molecule has 0 fully saturated rings. The molecule has 0 aliphatic carbocycles. The highest BCUT2D eigenvalue weighted by Crippen LogP contribution is 2.17. The zero-order valence-electron chi connectivity index (χ0n) is 10.7. The molecule has 0 spiro atoms. The molecule has 0 aliphatic rings. The highest BCUT2D eigenvalue weighted by Gasteiger charge is 2.18. The van der Waals surface area contributed by atoms with Crippen LogP contribution in [0.3, 0.4) is 0 Å². The maximum atomic E-state index is 11.5. The molecular formula is C13H15N3O2. The molecule has 0 N–H and O–H groups in total. The molecule has 5 heteroatoms. The van der Waals surface area contributed by atoms with Gasteiger partial charge < -0.3 is 4.74 Å². The van der Waals surface area contributed by atoms with Crippen molar-refractivity contribution in [2.75, 3.05) is 7.11 Å². The molecule has 0 aliphatic heterocycles. The van der Waals surface area contributed by atoms with Gasteiger partial charge in [-0.05, 0) is 25.0 Å². The zero-order chi connectivity index (χ0) is 13.1. The Morgan fingerprint density at radius 1 is 1.39 bits per heavy atom. The molecule has 2 rings (SSSR count). The summed E-state index contributed by atoms with van der Waals surface area (Å²) >= 11 is 0. The molecule has 0 unspecified atom stereocenters. The molecule has 0 bridgehead atoms. The molecular weight excluding hydrogens is 230 g/mol. The average Bonchev–Trinajstić information content (AvgIpc) is 2.79. The molecule has 0 atom stereocenters. The smallest absolute Gasteiger partial charge is 0.360 e. The minimum atomic E-state index is -0.465. The lowest BCUT2D eigenvalue weighted by molar-refractivity contribution is 0.0593. The van der Waals surface area contributed by atoms with Crippen LogP contribution in [0.4, 0.5) is 0 Å². The number of rotatable bonds is 3. The topological polar surface area (TPSA) is 57.0 Å². The third kappa shape index (κ3) is 1.99. The number of aromatic nitrogens is 3. The number of para-hydroxylation sites is 1. The van der Waals surface area contributed by atoms with E-state index < -0.39 is 5.97 Å². The minimum absolute atomic E-state index is 0.253. The van der Waals surface area contributed by atoms with Crippen molar-refractivity contribution in [1.82, 2.24) is 15.0 Å². The highest BCUT2D eigenvalue weighted by molar-refractivity contribution is 5.88. The minimum Gasteiger partial charge on any atom is -0.464 e. The quantitative estimate of drug-likeness (QED) is 0.775. The molecule has 0 saturated carbocycles. The second-order valence-electron chi connectivity index (χ2n) is 3.91. The van der Waals surface area contributed by atoms with Crippen molar-refractivity contribution in [3.8, 4) is 5.69 Å². The van der Waals surface area contributed by atoms with Crippen molar-refractivity contribution in [3.05, 3.63) is 41.2 Å². The van der Waals surface area contributed by atoms with Crippen LogP contribution in [-0.2, 0) is 11.2 Å². The fraction of sp³-hybridized carbons (Fsp3) is 0.308. The van der Waals surface area contributed by atoms with E-state index in [1.807, 2.05) is 24.3 Å². The Kier molecular flexibility index (Phi) is 3.41. The van der Waals surface area contributed by atoms with E-state index >= 15 is 0 Å². The van der Waals surface area contributed by atoms with Crippen LogP contribution in [0.15, 0.2) is 24.3 Å². The van der Waals surface area contributed by atoms with E-state index in [1.165, 1.54) is 7.11 Å². The number of nitrogens with zero attached hydrogens (tertiary/aromatic N) is 3. The molecule has 0 radical (unpaired) electrons. The Morgan fingerprint density at radius 3 is 2.78 bits per heavy atom. The van der Waals surface area contributed by atoms with E-state index in [0.717, 1.165) is 17.7 Å². The van der Waals surface area contributed by atoms with Crippen LogP contribution in [0.25, 0.3) is 5.69 Å². The van der Waals surface area contributed by atoms with Gasteiger partial charge in [-0.1, -0.05) is 30.3 Å². The van der Waals surface area contributed by atoms with Gasteiger partial charge in [0.05, 0.1) is 18.5 Å². The van der Waals surface area contributed by atoms with Gasteiger partial charge in [-0.2, -0.15) is 0 Å². The molecule has 2 aromatic rings. The number of aryl methyl sites for hydroxylation is 1. The normalized spacial score (nSPS) is 10.4. The van der Waals surface area contributed by atoms with Crippen LogP contribution >= 0.6 is 0 Å². The van der Waals surface area contributed by atoms with Gasteiger partial charge in [-0.15, -0.1) is 5.10 Å². The van der Waals surface area contributed by atoms with Crippen LogP contribution in [0.5, 0.6) is 0 Å². The van der Waals surface area contributed by atoms with Crippen LogP contribution < -0.4 is 0 Å². The lowest BCUT2D eigenvalue weighted by atomic mass is 10.1. The Hall–Kier alpha value is -2.17. The van der Waals surface area contributed by atoms with E-state index in [0.29, 0.717) is 5.69 Å². The summed E-state index contributed by atoms with van der Waals surface area (Å²) in [5.74, 6) is -0.465. The third-order valence-corrected chi connectivity index (χ3v) is 2.87. The van der Waals surface area contributed by atoms with Gasteiger partial charge in [0.15, 0.2) is 5.69 Å². The van der Waals surface area contributed by atoms with Crippen LogP contribution in [0.2, 0.25) is 0 Å². The first kappa shape index (κ1) is 12.3. The summed E-state index contributed by atoms with van der Waals surface area (Å²) < 4.78 is 6.34. The van der Waals surface area contributed by atoms with E-state index in [4.69, 9.17) is 0 Å². The fourth-order valence-corrected chi connectivity index (χ4v) is 1.86. The van der Waals surface area contributed by atoms with E-state index in [9.17, 15) is 4.79 Å². The van der Waals surface area contributed by atoms with Crippen molar-refractivity contribution >= 4 is 5.97 Å². The molecule has 94 valence electrons. The lowest BCUT2D eigenvalue weighted by Crippen LogP contribution is -2.06. The van der Waals surface area contributed by atoms with E-state index in [1.54, 1.807) is 11.6 Å². The number of ether oxygens (including phenoxy) is 1. The predicted octanol–water partition coefficient (Wildman–Crippen LogP) is 1.92. The summed E-state index contributed by atoms with van der Waals surface area (Å²) in [7, 11) is 1.33. The SMILES string of the molecule is CCc1ccccc1-n1nnc(C(=O)OC)c1C. The summed E-state index contributed by atoms with van der Waals surface area (Å²) in [5, 5.41) is 7.91. The zero-order valence-corrected chi connectivity index (χ0v) is 10.7. The Balaban J connectivity index is 2.52. The van der Waals surface area contributed by atoms with Gasteiger partial charge in [0.25, 0.3) is 0 Å². The number of hydrogen-bond acceptors (Lipinski definition) is 4. The highest BCUT2D eigenvalue weighted by atomic mass is 16.5. The fourth-order valence-electron chi connectivity index (χ4n) is 1.86. The number of esters is 1. The van der Waals surface area contributed by atoms with Gasteiger partial charge in [0.2, 0.25) is 0 Å². The first-order valence-electron chi connectivity index (χ1n) is 5.78. The summed E-state index contributed by atoms with van der Waals surface area (Å²) in [6, 6.07) is 7.92. The monoisotopic (exact) mass is 245 g/mol. The molecule has 18 heavy (non-hydrogen) atoms. The third-order valence-electron chi connectivity index (χ3n) is 2.87. The Bertz CT molecular complexity index is 575. The second kappa shape index (κ2) is 5.00. The Labute approximate surface area is 105 Å². The Morgan fingerprint density at radius 2 is 2.11 bits per heavy atom. The summed E-state index contributed by atoms with van der Waals surface area (Å²) in [6.45, 7) is 3.88. The average molecular weight is 245 g/mol. The van der Waals surface area contributed by atoms with Crippen molar-refractivity contribution in [2.24, 2.45) is 0 Å².